The van der Waals surface area contributed by atoms with Gasteiger partial charge in [0.2, 0.25) is 11.8 Å². The average Bonchev–Trinajstić information content (AvgIpc) is 2.70. The Hall–Kier alpha value is -3.69. The van der Waals surface area contributed by atoms with E-state index in [0.29, 0.717) is 6.07 Å². The number of nitrogens with two attached hydrogens (primary N) is 1. The number of aromatic carboxylic acids is 1. The van der Waals surface area contributed by atoms with E-state index in [1.807, 2.05) is 0 Å². The number of aromatic nitrogens is 3. The van der Waals surface area contributed by atoms with Gasteiger partial charge in [-0.2, -0.15) is 4.39 Å². The molecule has 0 fully saturated rings. The summed E-state index contributed by atoms with van der Waals surface area (Å²) in [6, 6.07) is 3.64. The van der Waals surface area contributed by atoms with Crippen molar-refractivity contribution in [2.24, 2.45) is 0 Å². The van der Waals surface area contributed by atoms with Crippen LogP contribution in [0, 0.1) is 17.6 Å². The monoisotopic (exact) mass is 395 g/mol. The van der Waals surface area contributed by atoms with E-state index in [2.05, 4.69) is 19.7 Å². The van der Waals surface area contributed by atoms with Crippen LogP contribution in [0.1, 0.15) is 24.1 Å². The third-order valence-corrected chi connectivity index (χ3v) is 3.56. The number of nitrogen functional groups attached to an aromatic ring is 1. The summed E-state index contributed by atoms with van der Waals surface area (Å²) in [6.45, 7) is -6.50. The van der Waals surface area contributed by atoms with Crippen molar-refractivity contribution in [3.05, 3.63) is 53.6 Å². The van der Waals surface area contributed by atoms with Gasteiger partial charge in [-0.15, -0.1) is 0 Å². The highest BCUT2D eigenvalue weighted by atomic mass is 19.1. The molecule has 0 saturated carbocycles. The van der Waals surface area contributed by atoms with E-state index in [1.165, 1.54) is 0 Å². The Morgan fingerprint density at radius 1 is 1.29 bits per heavy atom. The summed E-state index contributed by atoms with van der Waals surface area (Å²) >= 11 is 0. The fourth-order valence-electron chi connectivity index (χ4n) is 2.27. The molecule has 3 heterocycles. The highest BCUT2D eigenvalue weighted by Gasteiger charge is 2.22. The van der Waals surface area contributed by atoms with Gasteiger partial charge in [0.15, 0.2) is 11.6 Å². The summed E-state index contributed by atoms with van der Waals surface area (Å²) in [6.07, 6.45) is 0.876. The number of pyridine rings is 3. The molecule has 3 aromatic heterocycles. The molecule has 0 aliphatic carbocycles. The van der Waals surface area contributed by atoms with E-state index in [0.717, 1.165) is 24.4 Å². The lowest BCUT2D eigenvalue weighted by Gasteiger charge is -2.10. The Bertz CT molecular complexity index is 1260. The van der Waals surface area contributed by atoms with E-state index < -0.39 is 54.1 Å². The number of carbonyl (C=O) groups is 1. The highest BCUT2D eigenvalue weighted by molar-refractivity contribution is 5.91. The molecule has 3 aromatic rings. The van der Waals surface area contributed by atoms with E-state index in [-0.39, 0.29) is 22.6 Å². The molecular weight excluding hydrogens is 377 g/mol. The summed E-state index contributed by atoms with van der Waals surface area (Å²) in [5, 5.41) is 9.32. The number of hydrogen-bond donors (Lipinski definition) is 2. The Morgan fingerprint density at radius 2 is 2.07 bits per heavy atom. The van der Waals surface area contributed by atoms with Crippen LogP contribution in [0.25, 0.3) is 22.6 Å². The lowest BCUT2D eigenvalue weighted by atomic mass is 10.1. The Balaban J connectivity index is 2.11. The molecule has 28 heavy (non-hydrogen) atoms. The number of rotatable bonds is 5. The summed E-state index contributed by atoms with van der Waals surface area (Å²) < 4.78 is 83.6. The fraction of sp³-hybridized carbons (Fsp3) is 0.111. The van der Waals surface area contributed by atoms with Gasteiger partial charge in [0.1, 0.15) is 5.69 Å². The first kappa shape index (κ1) is 13.5. The largest absolute Gasteiger partial charge is 0.478 e. The molecule has 0 aliphatic rings. The first-order valence-electron chi connectivity index (χ1n) is 9.92. The minimum absolute atomic E-state index is 0.200. The van der Waals surface area contributed by atoms with Gasteiger partial charge < -0.3 is 15.6 Å². The maximum absolute atomic E-state index is 14.7. The number of carboxylic acids is 1. The van der Waals surface area contributed by atoms with Crippen LogP contribution in [0.2, 0.25) is 0 Å². The van der Waals surface area contributed by atoms with E-state index >= 15 is 0 Å². The van der Waals surface area contributed by atoms with Crippen molar-refractivity contribution in [2.75, 3.05) is 12.3 Å². The van der Waals surface area contributed by atoms with Gasteiger partial charge in [-0.1, -0.05) is 0 Å². The second-order valence-electron chi connectivity index (χ2n) is 5.31. The molecule has 0 aromatic carbocycles. The van der Waals surface area contributed by atoms with Crippen molar-refractivity contribution in [2.45, 2.75) is 6.85 Å². The molecule has 0 unspecified atom stereocenters. The zero-order chi connectivity index (χ0) is 24.7. The number of anilines is 1. The number of halogens is 3. The minimum atomic E-state index is -3.26. The van der Waals surface area contributed by atoms with Crippen LogP contribution in [0.15, 0.2) is 30.5 Å². The van der Waals surface area contributed by atoms with Crippen molar-refractivity contribution >= 4 is 11.7 Å². The van der Waals surface area contributed by atoms with Gasteiger partial charge in [0.25, 0.3) is 0 Å². The Labute approximate surface area is 163 Å². The second-order valence-corrected chi connectivity index (χ2v) is 5.31. The number of carboxylic acid groups (broad SMARTS) is 1. The SMILES string of the molecule is [2H]C([2H])([2H])C([2H])([2H])Oc1ncc(-c2cc(C(=O)O)c(F)c(-c3ccc(N)c(F)n3)n2)cc1F. The zero-order valence-corrected chi connectivity index (χ0v) is 13.7. The third kappa shape index (κ3) is 3.56. The normalized spacial score (nSPS) is 14.3. The van der Waals surface area contributed by atoms with Crippen LogP contribution in [-0.4, -0.2) is 32.6 Å². The quantitative estimate of drug-likeness (QED) is 0.638. The molecule has 0 spiro atoms. The first-order valence-corrected chi connectivity index (χ1v) is 7.42. The maximum atomic E-state index is 14.7. The lowest BCUT2D eigenvalue weighted by Crippen LogP contribution is -2.07. The second kappa shape index (κ2) is 7.51. The molecular formula is C18H13F3N4O3. The molecule has 0 amide bonds. The van der Waals surface area contributed by atoms with Crippen LogP contribution in [-0.2, 0) is 0 Å². The van der Waals surface area contributed by atoms with E-state index in [1.54, 1.807) is 0 Å². The lowest BCUT2D eigenvalue weighted by molar-refractivity contribution is 0.0692. The molecule has 3 rings (SSSR count). The van der Waals surface area contributed by atoms with Crippen molar-refractivity contribution in [1.29, 1.82) is 0 Å². The van der Waals surface area contributed by atoms with Gasteiger partial charge in [-0.05, 0) is 31.1 Å². The number of ether oxygens (including phenoxy) is 1. The van der Waals surface area contributed by atoms with Crippen molar-refractivity contribution in [3.8, 4) is 28.5 Å². The van der Waals surface area contributed by atoms with Crippen LogP contribution in [0.3, 0.4) is 0 Å². The molecule has 10 heteroatoms. The molecule has 0 aliphatic heterocycles. The molecule has 0 radical (unpaired) electrons. The highest BCUT2D eigenvalue weighted by Crippen LogP contribution is 2.29. The zero-order valence-electron chi connectivity index (χ0n) is 18.7. The summed E-state index contributed by atoms with van der Waals surface area (Å²) in [5.74, 6) is -6.46. The van der Waals surface area contributed by atoms with Gasteiger partial charge in [-0.3, -0.25) is 0 Å². The van der Waals surface area contributed by atoms with Gasteiger partial charge >= 0.3 is 5.97 Å². The third-order valence-electron chi connectivity index (χ3n) is 3.56. The minimum Gasteiger partial charge on any atom is -0.478 e. The number of nitrogens with zero attached hydrogens (tertiary/aromatic N) is 3. The maximum Gasteiger partial charge on any atom is 0.338 e. The van der Waals surface area contributed by atoms with Gasteiger partial charge in [-0.25, -0.2) is 28.5 Å². The van der Waals surface area contributed by atoms with Crippen LogP contribution < -0.4 is 10.5 Å². The molecule has 0 bridgehead atoms. The van der Waals surface area contributed by atoms with E-state index in [4.69, 9.17) is 12.6 Å². The van der Waals surface area contributed by atoms with Crippen molar-refractivity contribution in [1.82, 2.24) is 15.0 Å². The van der Waals surface area contributed by atoms with Crippen molar-refractivity contribution in [3.63, 3.8) is 0 Å². The average molecular weight is 395 g/mol. The molecule has 0 saturated heterocycles. The van der Waals surface area contributed by atoms with Gasteiger partial charge in [0.05, 0.1) is 31.9 Å². The van der Waals surface area contributed by atoms with Gasteiger partial charge in [0, 0.05) is 15.9 Å². The molecule has 144 valence electrons. The van der Waals surface area contributed by atoms with Crippen LogP contribution >= 0.6 is 0 Å². The Morgan fingerprint density at radius 3 is 2.71 bits per heavy atom. The Kier molecular flexibility index (Phi) is 3.61. The smallest absolute Gasteiger partial charge is 0.338 e. The van der Waals surface area contributed by atoms with E-state index in [9.17, 15) is 23.1 Å². The standard InChI is InChI=1S/C18H13F3N4O3/c1-2-28-17-10(19)5-8(7-23-17)13-6-9(18(26)27)14(20)15(24-13)12-4-3-11(22)16(21)25-12/h3-7H,2,22H2,1H3,(H,26,27)/i1D3,2D2. The fourth-order valence-corrected chi connectivity index (χ4v) is 2.27. The van der Waals surface area contributed by atoms with Crippen LogP contribution in [0.4, 0.5) is 18.9 Å². The van der Waals surface area contributed by atoms with Crippen LogP contribution in [0.5, 0.6) is 5.88 Å². The summed E-state index contributed by atoms with van der Waals surface area (Å²) in [7, 11) is 0. The molecule has 7 nitrogen and oxygen atoms in total. The topological polar surface area (TPSA) is 111 Å². The summed E-state index contributed by atoms with van der Waals surface area (Å²) in [5.41, 5.74) is 2.56. The predicted molar refractivity (Wildman–Crippen MR) is 93.1 cm³/mol. The number of hydrogen-bond acceptors (Lipinski definition) is 6. The molecule has 0 atom stereocenters. The molecule has 3 N–H and O–H groups in total. The predicted octanol–water partition coefficient (Wildman–Crippen LogP) is 3.30. The van der Waals surface area contributed by atoms with Crippen molar-refractivity contribution < 1.29 is 34.7 Å². The summed E-state index contributed by atoms with van der Waals surface area (Å²) in [4.78, 5) is 22.3. The first-order chi connectivity index (χ1) is 15.2.